The fourth-order valence-corrected chi connectivity index (χ4v) is 4.06. The molecule has 1 aliphatic heterocycles. The molecule has 5 rings (SSSR count). The first-order valence-corrected chi connectivity index (χ1v) is 10.6. The van der Waals surface area contributed by atoms with Gasteiger partial charge in [0.05, 0.1) is 11.7 Å². The molecule has 0 aliphatic carbocycles. The van der Waals surface area contributed by atoms with Crippen LogP contribution in [0.2, 0.25) is 0 Å². The molecule has 0 radical (unpaired) electrons. The number of hydrogen-bond acceptors (Lipinski definition) is 4. The van der Waals surface area contributed by atoms with E-state index in [1.807, 2.05) is 18.2 Å². The Bertz CT molecular complexity index is 1250. The molecule has 32 heavy (non-hydrogen) atoms. The minimum Gasteiger partial charge on any atom is -0.297 e. The second-order valence-corrected chi connectivity index (χ2v) is 7.98. The standard InChI is InChI=1S/C23H22F2N6O/c24-19-12-17(13-20(25)14-19)10-16-4-5-22-18(11-16)15-26-31(22)28-23(32)21-6-9-30(27-21)29-7-2-1-3-8-29/h4-6,9,11-15H,1-3,7-8,10H2,(H,28,32). The Hall–Kier alpha value is -3.75. The number of halogens is 2. The second kappa shape index (κ2) is 8.41. The van der Waals surface area contributed by atoms with E-state index in [9.17, 15) is 13.6 Å². The maximum atomic E-state index is 13.5. The van der Waals surface area contributed by atoms with E-state index in [0.717, 1.165) is 42.9 Å². The first-order valence-electron chi connectivity index (χ1n) is 10.6. The van der Waals surface area contributed by atoms with Crippen LogP contribution in [-0.4, -0.2) is 38.8 Å². The van der Waals surface area contributed by atoms with Gasteiger partial charge in [0, 0.05) is 30.7 Å². The van der Waals surface area contributed by atoms with Gasteiger partial charge in [-0.15, -0.1) is 5.10 Å². The molecule has 1 aliphatic rings. The third kappa shape index (κ3) is 4.18. The van der Waals surface area contributed by atoms with Crippen LogP contribution in [0.15, 0.2) is 54.9 Å². The molecule has 0 unspecified atom stereocenters. The van der Waals surface area contributed by atoms with Gasteiger partial charge in [-0.05, 0) is 67.1 Å². The van der Waals surface area contributed by atoms with Crippen LogP contribution in [0.4, 0.5) is 8.78 Å². The summed E-state index contributed by atoms with van der Waals surface area (Å²) < 4.78 is 26.9. The zero-order valence-electron chi connectivity index (χ0n) is 17.3. The van der Waals surface area contributed by atoms with Crippen molar-refractivity contribution >= 4 is 16.8 Å². The molecule has 4 aromatic rings. The van der Waals surface area contributed by atoms with Crippen LogP contribution in [0, 0.1) is 11.6 Å². The number of benzene rings is 2. The van der Waals surface area contributed by atoms with Gasteiger partial charge in [-0.25, -0.2) is 14.2 Å². The summed E-state index contributed by atoms with van der Waals surface area (Å²) in [7, 11) is 0. The largest absolute Gasteiger partial charge is 0.297 e. The highest BCUT2D eigenvalue weighted by Gasteiger charge is 2.16. The highest BCUT2D eigenvalue weighted by atomic mass is 19.1. The number of carbonyl (C=O) groups excluding carboxylic acids is 1. The molecule has 7 nitrogen and oxygen atoms in total. The Labute approximate surface area is 183 Å². The zero-order chi connectivity index (χ0) is 22.1. The van der Waals surface area contributed by atoms with Crippen molar-refractivity contribution in [2.24, 2.45) is 0 Å². The van der Waals surface area contributed by atoms with Crippen molar-refractivity contribution in [2.75, 3.05) is 23.5 Å². The third-order valence-corrected chi connectivity index (χ3v) is 5.60. The molecule has 2 aromatic carbocycles. The van der Waals surface area contributed by atoms with Gasteiger partial charge in [-0.3, -0.25) is 9.80 Å². The molecule has 164 valence electrons. The number of fused-ring (bicyclic) bond motifs is 1. The van der Waals surface area contributed by atoms with Crippen LogP contribution in [0.1, 0.15) is 40.9 Å². The van der Waals surface area contributed by atoms with Gasteiger partial charge >= 0.3 is 0 Å². The molecule has 1 amide bonds. The summed E-state index contributed by atoms with van der Waals surface area (Å²) in [5, 5.41) is 11.6. The van der Waals surface area contributed by atoms with Crippen molar-refractivity contribution in [3.05, 3.63) is 83.3 Å². The maximum absolute atomic E-state index is 13.5. The van der Waals surface area contributed by atoms with Crippen LogP contribution >= 0.6 is 0 Å². The molecular weight excluding hydrogens is 414 g/mol. The second-order valence-electron chi connectivity index (χ2n) is 7.98. The van der Waals surface area contributed by atoms with E-state index in [1.165, 1.54) is 23.3 Å². The summed E-state index contributed by atoms with van der Waals surface area (Å²) >= 11 is 0. The number of nitrogens with zero attached hydrogens (tertiary/aromatic N) is 5. The van der Waals surface area contributed by atoms with Gasteiger partial charge in [-0.1, -0.05) is 6.07 Å². The molecule has 1 fully saturated rings. The molecule has 0 saturated carbocycles. The molecule has 0 spiro atoms. The zero-order valence-corrected chi connectivity index (χ0v) is 17.3. The molecule has 1 saturated heterocycles. The Morgan fingerprint density at radius 3 is 2.53 bits per heavy atom. The molecule has 9 heteroatoms. The normalized spacial score (nSPS) is 14.1. The van der Waals surface area contributed by atoms with Crippen molar-refractivity contribution in [3.8, 4) is 0 Å². The first kappa shape index (κ1) is 20.2. The van der Waals surface area contributed by atoms with E-state index in [1.54, 1.807) is 23.3 Å². The fraction of sp³-hybridized carbons (Fsp3) is 0.261. The number of piperidine rings is 1. The van der Waals surface area contributed by atoms with Gasteiger partial charge in [0.25, 0.3) is 5.91 Å². The SMILES string of the molecule is O=C(Nn1ncc2cc(Cc3cc(F)cc(F)c3)ccc21)c1ccn(N2CCCCC2)n1. The first-order chi connectivity index (χ1) is 15.5. The van der Waals surface area contributed by atoms with Crippen molar-refractivity contribution in [2.45, 2.75) is 25.7 Å². The Kier molecular flexibility index (Phi) is 5.30. The van der Waals surface area contributed by atoms with Crippen LogP contribution in [0.5, 0.6) is 0 Å². The van der Waals surface area contributed by atoms with Crippen LogP contribution in [0.25, 0.3) is 10.9 Å². The monoisotopic (exact) mass is 436 g/mol. The summed E-state index contributed by atoms with van der Waals surface area (Å²) in [5.41, 5.74) is 5.21. The molecule has 0 bridgehead atoms. The number of hydrogen-bond donors (Lipinski definition) is 1. The molecule has 0 atom stereocenters. The lowest BCUT2D eigenvalue weighted by Gasteiger charge is -2.28. The van der Waals surface area contributed by atoms with Gasteiger partial charge in [0.1, 0.15) is 11.6 Å². The van der Waals surface area contributed by atoms with Crippen molar-refractivity contribution in [1.29, 1.82) is 0 Å². The summed E-state index contributed by atoms with van der Waals surface area (Å²) in [6, 6.07) is 10.7. The Morgan fingerprint density at radius 2 is 1.75 bits per heavy atom. The molecule has 3 heterocycles. The van der Waals surface area contributed by atoms with Gasteiger partial charge in [0.2, 0.25) is 0 Å². The summed E-state index contributed by atoms with van der Waals surface area (Å²) in [6.07, 6.45) is 7.28. The van der Waals surface area contributed by atoms with Crippen molar-refractivity contribution in [1.82, 2.24) is 19.8 Å². The number of amides is 1. The lowest BCUT2D eigenvalue weighted by atomic mass is 10.0. The Balaban J connectivity index is 1.31. The average Bonchev–Trinajstić information content (AvgIpc) is 3.41. The number of aromatic nitrogens is 4. The Morgan fingerprint density at radius 1 is 0.969 bits per heavy atom. The third-order valence-electron chi connectivity index (χ3n) is 5.60. The number of nitrogens with one attached hydrogen (secondary N) is 1. The number of rotatable bonds is 5. The highest BCUT2D eigenvalue weighted by Crippen LogP contribution is 2.19. The smallest absolute Gasteiger partial charge is 0.291 e. The number of carbonyl (C=O) groups is 1. The van der Waals surface area contributed by atoms with Gasteiger partial charge in [-0.2, -0.15) is 14.7 Å². The van der Waals surface area contributed by atoms with Crippen LogP contribution in [-0.2, 0) is 6.42 Å². The average molecular weight is 436 g/mol. The van der Waals surface area contributed by atoms with E-state index in [-0.39, 0.29) is 5.91 Å². The van der Waals surface area contributed by atoms with Crippen LogP contribution in [0.3, 0.4) is 0 Å². The van der Waals surface area contributed by atoms with E-state index in [2.05, 4.69) is 20.6 Å². The molecular formula is C23H22F2N6O. The molecule has 1 N–H and O–H groups in total. The summed E-state index contributed by atoms with van der Waals surface area (Å²) in [5.74, 6) is -1.55. The lowest BCUT2D eigenvalue weighted by Crippen LogP contribution is -2.39. The van der Waals surface area contributed by atoms with Gasteiger partial charge < -0.3 is 0 Å². The van der Waals surface area contributed by atoms with E-state index < -0.39 is 11.6 Å². The van der Waals surface area contributed by atoms with Crippen LogP contribution < -0.4 is 10.4 Å². The minimum absolute atomic E-state index is 0.309. The topological polar surface area (TPSA) is 68.0 Å². The van der Waals surface area contributed by atoms with Crippen molar-refractivity contribution < 1.29 is 13.6 Å². The highest BCUT2D eigenvalue weighted by molar-refractivity contribution is 5.99. The maximum Gasteiger partial charge on any atom is 0.291 e. The fourth-order valence-electron chi connectivity index (χ4n) is 4.06. The lowest BCUT2D eigenvalue weighted by molar-refractivity contribution is 0.100. The summed E-state index contributed by atoms with van der Waals surface area (Å²) in [6.45, 7) is 1.86. The molecule has 2 aromatic heterocycles. The van der Waals surface area contributed by atoms with E-state index in [0.29, 0.717) is 23.2 Å². The minimum atomic E-state index is -0.598. The van der Waals surface area contributed by atoms with Gasteiger partial charge in [0.15, 0.2) is 5.69 Å². The summed E-state index contributed by atoms with van der Waals surface area (Å²) in [4.78, 5) is 15.8. The predicted molar refractivity (Wildman–Crippen MR) is 117 cm³/mol. The van der Waals surface area contributed by atoms with E-state index >= 15 is 0 Å². The quantitative estimate of drug-likeness (QED) is 0.519. The predicted octanol–water partition coefficient (Wildman–Crippen LogP) is 3.61. The van der Waals surface area contributed by atoms with E-state index in [4.69, 9.17) is 0 Å². The van der Waals surface area contributed by atoms with Crippen molar-refractivity contribution in [3.63, 3.8) is 0 Å².